The van der Waals surface area contributed by atoms with Gasteiger partial charge in [0.05, 0.1) is 6.61 Å². The van der Waals surface area contributed by atoms with Gasteiger partial charge in [0.15, 0.2) is 0 Å². The second-order valence-electron chi connectivity index (χ2n) is 3.73. The standard InChI is InChI=1S/C12H19NO2/c1-9-4-5-12(14)11(8-9)10(2)13-6-7-15-3/h4-5,8,10,13-14H,6-7H2,1-3H3. The lowest BCUT2D eigenvalue weighted by Gasteiger charge is -2.15. The Balaban J connectivity index is 2.64. The van der Waals surface area contributed by atoms with Crippen LogP contribution in [0.15, 0.2) is 18.2 Å². The Morgan fingerprint density at radius 2 is 2.20 bits per heavy atom. The number of phenols is 1. The molecule has 0 radical (unpaired) electrons. The highest BCUT2D eigenvalue weighted by atomic mass is 16.5. The number of phenolic OH excluding ortho intramolecular Hbond substituents is 1. The topological polar surface area (TPSA) is 41.5 Å². The number of hydrogen-bond acceptors (Lipinski definition) is 3. The molecule has 3 heteroatoms. The summed E-state index contributed by atoms with van der Waals surface area (Å²) in [5.74, 6) is 0.345. The van der Waals surface area contributed by atoms with Crippen LogP contribution in [0.1, 0.15) is 24.1 Å². The smallest absolute Gasteiger partial charge is 0.120 e. The quantitative estimate of drug-likeness (QED) is 0.729. The summed E-state index contributed by atoms with van der Waals surface area (Å²) in [5, 5.41) is 13.0. The van der Waals surface area contributed by atoms with E-state index in [2.05, 4.69) is 5.32 Å². The molecular weight excluding hydrogens is 190 g/mol. The first-order valence-electron chi connectivity index (χ1n) is 5.17. The molecule has 0 spiro atoms. The highest BCUT2D eigenvalue weighted by Gasteiger charge is 2.09. The molecule has 1 rings (SSSR count). The molecule has 1 atom stereocenters. The van der Waals surface area contributed by atoms with Crippen molar-refractivity contribution in [1.29, 1.82) is 0 Å². The van der Waals surface area contributed by atoms with Crippen LogP contribution in [0, 0.1) is 6.92 Å². The third-order valence-corrected chi connectivity index (χ3v) is 2.41. The monoisotopic (exact) mass is 209 g/mol. The molecule has 1 unspecified atom stereocenters. The lowest BCUT2D eigenvalue weighted by atomic mass is 10.0. The molecule has 0 heterocycles. The number of methoxy groups -OCH3 is 1. The maximum Gasteiger partial charge on any atom is 0.120 e. The predicted molar refractivity (Wildman–Crippen MR) is 61.1 cm³/mol. The number of benzene rings is 1. The van der Waals surface area contributed by atoms with E-state index in [-0.39, 0.29) is 6.04 Å². The first-order chi connectivity index (χ1) is 7.15. The Morgan fingerprint density at radius 1 is 1.47 bits per heavy atom. The molecule has 84 valence electrons. The number of aryl methyl sites for hydroxylation is 1. The zero-order chi connectivity index (χ0) is 11.3. The number of aromatic hydroxyl groups is 1. The first kappa shape index (κ1) is 12.0. The van der Waals surface area contributed by atoms with Crippen molar-refractivity contribution < 1.29 is 9.84 Å². The molecule has 0 aromatic heterocycles. The Labute approximate surface area is 91.1 Å². The molecule has 0 saturated carbocycles. The van der Waals surface area contributed by atoms with Crippen LogP contribution in [0.25, 0.3) is 0 Å². The molecule has 0 aliphatic rings. The van der Waals surface area contributed by atoms with Crippen LogP contribution in [0.5, 0.6) is 5.75 Å². The van der Waals surface area contributed by atoms with Gasteiger partial charge in [0.1, 0.15) is 5.75 Å². The largest absolute Gasteiger partial charge is 0.508 e. The molecule has 1 aromatic rings. The number of hydrogen-bond donors (Lipinski definition) is 2. The zero-order valence-electron chi connectivity index (χ0n) is 9.58. The van der Waals surface area contributed by atoms with Crippen LogP contribution >= 0.6 is 0 Å². The van der Waals surface area contributed by atoms with Gasteiger partial charge in [-0.15, -0.1) is 0 Å². The molecule has 1 aromatic carbocycles. The fourth-order valence-corrected chi connectivity index (χ4v) is 1.51. The minimum absolute atomic E-state index is 0.139. The summed E-state index contributed by atoms with van der Waals surface area (Å²) in [6.45, 7) is 5.51. The molecule has 0 fully saturated rings. The second-order valence-corrected chi connectivity index (χ2v) is 3.73. The highest BCUT2D eigenvalue weighted by Crippen LogP contribution is 2.24. The van der Waals surface area contributed by atoms with Gasteiger partial charge in [-0.2, -0.15) is 0 Å². The average Bonchev–Trinajstić information content (AvgIpc) is 2.22. The third kappa shape index (κ3) is 3.53. The average molecular weight is 209 g/mol. The zero-order valence-corrected chi connectivity index (χ0v) is 9.58. The van der Waals surface area contributed by atoms with Crippen LogP contribution in [-0.2, 0) is 4.74 Å². The van der Waals surface area contributed by atoms with Crippen molar-refractivity contribution in [2.45, 2.75) is 19.9 Å². The van der Waals surface area contributed by atoms with Gasteiger partial charge in [-0.1, -0.05) is 17.7 Å². The van der Waals surface area contributed by atoms with Gasteiger partial charge in [-0.25, -0.2) is 0 Å². The number of nitrogens with one attached hydrogen (secondary N) is 1. The van der Waals surface area contributed by atoms with Crippen LogP contribution in [-0.4, -0.2) is 25.4 Å². The molecule has 3 nitrogen and oxygen atoms in total. The van der Waals surface area contributed by atoms with Crippen molar-refractivity contribution in [2.24, 2.45) is 0 Å². The van der Waals surface area contributed by atoms with Crippen molar-refractivity contribution in [3.63, 3.8) is 0 Å². The highest BCUT2D eigenvalue weighted by molar-refractivity contribution is 5.37. The van der Waals surface area contributed by atoms with Crippen molar-refractivity contribution in [2.75, 3.05) is 20.3 Å². The summed E-state index contributed by atoms with van der Waals surface area (Å²) < 4.78 is 4.96. The Bertz CT molecular complexity index is 312. The number of rotatable bonds is 5. The maximum absolute atomic E-state index is 9.69. The molecule has 0 amide bonds. The van der Waals surface area contributed by atoms with E-state index >= 15 is 0 Å². The molecule has 0 saturated heterocycles. The van der Waals surface area contributed by atoms with Crippen molar-refractivity contribution >= 4 is 0 Å². The summed E-state index contributed by atoms with van der Waals surface area (Å²) in [6, 6.07) is 5.78. The summed E-state index contributed by atoms with van der Waals surface area (Å²) in [6.07, 6.45) is 0. The fraction of sp³-hybridized carbons (Fsp3) is 0.500. The minimum atomic E-state index is 0.139. The van der Waals surface area contributed by atoms with E-state index in [4.69, 9.17) is 4.74 Å². The molecule has 0 aliphatic carbocycles. The fourth-order valence-electron chi connectivity index (χ4n) is 1.51. The van der Waals surface area contributed by atoms with E-state index in [0.29, 0.717) is 12.4 Å². The molecule has 0 aliphatic heterocycles. The van der Waals surface area contributed by atoms with Gasteiger partial charge in [0.2, 0.25) is 0 Å². The summed E-state index contributed by atoms with van der Waals surface area (Å²) in [5.41, 5.74) is 2.09. The van der Waals surface area contributed by atoms with Crippen LogP contribution < -0.4 is 5.32 Å². The SMILES string of the molecule is COCCNC(C)c1cc(C)ccc1O. The minimum Gasteiger partial charge on any atom is -0.508 e. The van der Waals surface area contributed by atoms with Gasteiger partial charge in [-0.05, 0) is 19.9 Å². The second kappa shape index (κ2) is 5.73. The first-order valence-corrected chi connectivity index (χ1v) is 5.17. The predicted octanol–water partition coefficient (Wildman–Crippen LogP) is 2.00. The lowest BCUT2D eigenvalue weighted by molar-refractivity contribution is 0.196. The van der Waals surface area contributed by atoms with Crippen molar-refractivity contribution in [3.05, 3.63) is 29.3 Å². The molecule has 0 bridgehead atoms. The Morgan fingerprint density at radius 3 is 2.87 bits per heavy atom. The van der Waals surface area contributed by atoms with Crippen LogP contribution in [0.4, 0.5) is 0 Å². The van der Waals surface area contributed by atoms with Gasteiger partial charge in [0.25, 0.3) is 0 Å². The lowest BCUT2D eigenvalue weighted by Crippen LogP contribution is -2.22. The van der Waals surface area contributed by atoms with Gasteiger partial charge < -0.3 is 15.2 Å². The van der Waals surface area contributed by atoms with E-state index in [1.54, 1.807) is 13.2 Å². The van der Waals surface area contributed by atoms with Crippen LogP contribution in [0.2, 0.25) is 0 Å². The van der Waals surface area contributed by atoms with E-state index < -0.39 is 0 Å². The summed E-state index contributed by atoms with van der Waals surface area (Å²) in [4.78, 5) is 0. The maximum atomic E-state index is 9.69. The number of ether oxygens (including phenoxy) is 1. The van der Waals surface area contributed by atoms with E-state index in [0.717, 1.165) is 17.7 Å². The van der Waals surface area contributed by atoms with Gasteiger partial charge >= 0.3 is 0 Å². The van der Waals surface area contributed by atoms with Crippen molar-refractivity contribution in [3.8, 4) is 5.75 Å². The normalized spacial score (nSPS) is 12.7. The van der Waals surface area contributed by atoms with Crippen LogP contribution in [0.3, 0.4) is 0 Å². The van der Waals surface area contributed by atoms with E-state index in [1.807, 2.05) is 26.0 Å². The summed E-state index contributed by atoms with van der Waals surface area (Å²) >= 11 is 0. The Hall–Kier alpha value is -1.06. The molecule has 15 heavy (non-hydrogen) atoms. The summed E-state index contributed by atoms with van der Waals surface area (Å²) in [7, 11) is 1.68. The Kier molecular flexibility index (Phi) is 4.59. The van der Waals surface area contributed by atoms with Crippen molar-refractivity contribution in [1.82, 2.24) is 5.32 Å². The van der Waals surface area contributed by atoms with Gasteiger partial charge in [-0.3, -0.25) is 0 Å². The van der Waals surface area contributed by atoms with E-state index in [1.165, 1.54) is 0 Å². The van der Waals surface area contributed by atoms with E-state index in [9.17, 15) is 5.11 Å². The van der Waals surface area contributed by atoms with Gasteiger partial charge in [0, 0.05) is 25.3 Å². The third-order valence-electron chi connectivity index (χ3n) is 2.41. The molecular formula is C12H19NO2. The molecule has 2 N–H and O–H groups in total.